The van der Waals surface area contributed by atoms with Crippen LogP contribution in [0.2, 0.25) is 0 Å². The maximum absolute atomic E-state index is 11.6. The molecule has 0 spiro atoms. The molecule has 14 heteroatoms. The molecule has 58 heavy (non-hydrogen) atoms. The molecule has 0 saturated heterocycles. The number of nitro groups is 1. The van der Waals surface area contributed by atoms with Gasteiger partial charge in [0, 0.05) is 48.5 Å². The van der Waals surface area contributed by atoms with Crippen molar-refractivity contribution in [2.24, 2.45) is 21.1 Å². The van der Waals surface area contributed by atoms with Crippen LogP contribution in [0.1, 0.15) is 22.8 Å². The van der Waals surface area contributed by atoms with Gasteiger partial charge in [-0.15, -0.1) is 94.0 Å². The Bertz CT molecular complexity index is 2830. The molecule has 284 valence electrons. The Kier molecular flexibility index (Phi) is 14.3. The average Bonchev–Trinajstić information content (AvgIpc) is 4.02. The molecular weight excluding hydrogens is 1120 g/mol. The minimum absolute atomic E-state index is 0. The van der Waals surface area contributed by atoms with Crippen LogP contribution in [0.4, 0.5) is 5.69 Å². The van der Waals surface area contributed by atoms with Crippen molar-refractivity contribution >= 4 is 124 Å². The van der Waals surface area contributed by atoms with Gasteiger partial charge >= 0.3 is 19.5 Å². The van der Waals surface area contributed by atoms with E-state index in [1.165, 1.54) is 12.1 Å². The molecule has 6 aromatic heterocycles. The van der Waals surface area contributed by atoms with Crippen molar-refractivity contribution in [3.05, 3.63) is 155 Å². The summed E-state index contributed by atoms with van der Waals surface area (Å²) in [6.45, 7) is 0. The van der Waals surface area contributed by atoms with E-state index in [9.17, 15) is 10.1 Å². The molecule has 10 nitrogen and oxygen atoms in total. The number of non-ortho nitro benzene ring substituents is 1. The molecule has 0 amide bonds. The quantitative estimate of drug-likeness (QED) is 0.0561. The van der Waals surface area contributed by atoms with Crippen LogP contribution in [-0.2, 0) is 40.6 Å². The summed E-state index contributed by atoms with van der Waals surface area (Å²) in [5, 5.41) is 11.6. The van der Waals surface area contributed by atoms with Crippen LogP contribution in [0, 0.1) is 10.1 Å². The van der Waals surface area contributed by atoms with E-state index in [2.05, 4.69) is 48.5 Å². The van der Waals surface area contributed by atoms with E-state index in [0.717, 1.165) is 78.1 Å². The molecule has 0 unspecified atom stereocenters. The summed E-state index contributed by atoms with van der Waals surface area (Å²) in [5.41, 5.74) is 13.1. The largest absolute Gasteiger partial charge is 2.00 e. The Labute approximate surface area is 398 Å². The minimum Gasteiger partial charge on any atom is -0.657 e. The Hall–Kier alpha value is -4.52. The van der Waals surface area contributed by atoms with Crippen LogP contribution < -0.4 is 23.7 Å². The first-order chi connectivity index (χ1) is 26.3. The number of halogens is 3. The summed E-state index contributed by atoms with van der Waals surface area (Å²) >= 11 is 0. The Morgan fingerprint density at radius 3 is 0.966 bits per heavy atom. The summed E-state index contributed by atoms with van der Waals surface area (Å²) < 4.78 is 6.00. The second-order valence-electron chi connectivity index (χ2n) is 13.4. The molecule has 1 aromatic carbocycles. The van der Waals surface area contributed by atoms with Gasteiger partial charge in [0.05, 0.1) is 27.7 Å². The molecule has 8 heterocycles. The maximum atomic E-state index is 11.6. The monoisotopic (exact) mass is 1150 g/mol. The van der Waals surface area contributed by atoms with Crippen molar-refractivity contribution in [1.29, 1.82) is 0 Å². The standard InChI is InChI=1S/C44H33N8O2.3HI.Zn/c1-49-22-16-29(17-23-49)42-35-10-8-33(45-35)41(28-4-6-32(7-5-28)52(53)54)34-9-11-36(46-34)43(30-18-24-50(2)25-19-30)38-13-15-40(48-38)44(39-14-12-37(42)47-39)31-20-26-51(3)27-21-31;;;;/h4-27H,1-3H3;3*1H;/q+1;;;;+2. The first kappa shape index (κ1) is 44.6. The first-order valence-corrected chi connectivity index (χ1v) is 17.5. The number of hydrogen-bond acceptors (Lipinski definition) is 4. The molecular formula is C44H36I3N8O2Zn+3. The zero-order chi connectivity index (χ0) is 36.9. The summed E-state index contributed by atoms with van der Waals surface area (Å²) in [6.07, 6.45) is 20.2. The van der Waals surface area contributed by atoms with Crippen LogP contribution >= 0.6 is 71.9 Å². The summed E-state index contributed by atoms with van der Waals surface area (Å²) in [7, 11) is 5.97. The third kappa shape index (κ3) is 8.60. The molecule has 8 bridgehead atoms. The number of nitrogens with zero attached hydrogens (tertiary/aromatic N) is 8. The van der Waals surface area contributed by atoms with Crippen LogP contribution in [0.15, 0.2) is 122 Å². The van der Waals surface area contributed by atoms with Gasteiger partial charge < -0.3 is 9.97 Å². The molecule has 7 aromatic rings. The van der Waals surface area contributed by atoms with E-state index in [-0.39, 0.29) is 97.1 Å². The van der Waals surface area contributed by atoms with Gasteiger partial charge in [0.15, 0.2) is 37.2 Å². The second-order valence-corrected chi connectivity index (χ2v) is 13.4. The Morgan fingerprint density at radius 1 is 0.448 bits per heavy atom. The number of aryl methyl sites for hydroxylation is 3. The number of hydrogen-bond donors (Lipinski definition) is 0. The molecule has 0 N–H and O–H groups in total. The third-order valence-corrected chi connectivity index (χ3v) is 9.78. The van der Waals surface area contributed by atoms with Gasteiger partial charge in [-0.1, -0.05) is 24.3 Å². The predicted molar refractivity (Wildman–Crippen MR) is 255 cm³/mol. The second kappa shape index (κ2) is 18.6. The normalized spacial score (nSPS) is 11.2. The number of rotatable bonds is 5. The molecule has 0 saturated carbocycles. The molecule has 0 radical (unpaired) electrons. The summed E-state index contributed by atoms with van der Waals surface area (Å²) in [4.78, 5) is 32.4. The van der Waals surface area contributed by atoms with E-state index in [1.807, 2.05) is 108 Å². The van der Waals surface area contributed by atoms with Crippen molar-refractivity contribution in [3.63, 3.8) is 0 Å². The maximum Gasteiger partial charge on any atom is 2.00 e. The number of nitro benzene ring substituents is 1. The molecule has 9 rings (SSSR count). The van der Waals surface area contributed by atoms with Gasteiger partial charge in [0.2, 0.25) is 0 Å². The fraction of sp³-hybridized carbons (Fsp3) is 0.0682. The van der Waals surface area contributed by atoms with Gasteiger partial charge in [-0.05, 0) is 80.9 Å². The number of aromatic nitrogens is 7. The van der Waals surface area contributed by atoms with Crippen LogP contribution in [0.5, 0.6) is 0 Å². The molecule has 2 aliphatic heterocycles. The van der Waals surface area contributed by atoms with Crippen molar-refractivity contribution in [3.8, 4) is 44.5 Å². The number of pyridine rings is 3. The Morgan fingerprint density at radius 2 is 0.707 bits per heavy atom. The van der Waals surface area contributed by atoms with Crippen molar-refractivity contribution < 1.29 is 38.1 Å². The summed E-state index contributed by atoms with van der Waals surface area (Å²) in [5.74, 6) is 0. The van der Waals surface area contributed by atoms with Crippen molar-refractivity contribution in [2.45, 2.75) is 0 Å². The molecule has 2 aliphatic rings. The first-order valence-electron chi connectivity index (χ1n) is 17.5. The van der Waals surface area contributed by atoms with Crippen LogP contribution in [-0.4, -0.2) is 14.9 Å². The van der Waals surface area contributed by atoms with E-state index in [4.69, 9.17) is 19.9 Å². The van der Waals surface area contributed by atoms with Gasteiger partial charge in [0.25, 0.3) is 5.69 Å². The van der Waals surface area contributed by atoms with Gasteiger partial charge in [-0.2, -0.15) is 0 Å². The van der Waals surface area contributed by atoms with Gasteiger partial charge in [0.1, 0.15) is 21.1 Å². The summed E-state index contributed by atoms with van der Waals surface area (Å²) in [6, 6.07) is 27.1. The number of benzene rings is 1. The van der Waals surface area contributed by atoms with Gasteiger partial charge in [-0.3, -0.25) is 10.1 Å². The van der Waals surface area contributed by atoms with E-state index in [0.29, 0.717) is 11.2 Å². The smallest absolute Gasteiger partial charge is 0.657 e. The molecule has 0 fully saturated rings. The fourth-order valence-corrected chi connectivity index (χ4v) is 7.02. The van der Waals surface area contributed by atoms with E-state index >= 15 is 0 Å². The number of fused-ring (bicyclic) bond motifs is 8. The minimum atomic E-state index is -0.393. The molecule has 0 atom stereocenters. The zero-order valence-electron chi connectivity index (χ0n) is 31.7. The fourth-order valence-electron chi connectivity index (χ4n) is 7.02. The van der Waals surface area contributed by atoms with Gasteiger partial charge in [-0.25, -0.2) is 23.7 Å². The van der Waals surface area contributed by atoms with Crippen LogP contribution in [0.3, 0.4) is 0 Å². The van der Waals surface area contributed by atoms with E-state index in [1.54, 1.807) is 12.1 Å². The average molecular weight is 1150 g/mol. The van der Waals surface area contributed by atoms with Crippen LogP contribution in [0.25, 0.3) is 90.9 Å². The molecule has 0 aliphatic carbocycles. The third-order valence-electron chi connectivity index (χ3n) is 9.78. The zero-order valence-corrected chi connectivity index (χ0v) is 41.6. The SMILES string of the molecule is C[n+]1ccc(-c2c3nc(c(-c4cc[n+](C)cc4)c4ccc([n-]4)c(-c4cc[n+](C)cc4)c4nc(c(-c5ccc([N+](=O)[O-])cc5)c5ccc2[n-]5)C=C4)C=C3)cc1.I.I.I.[Zn+2]. The van der Waals surface area contributed by atoms with Crippen molar-refractivity contribution in [1.82, 2.24) is 19.9 Å². The Balaban J connectivity index is 0.00000160. The van der Waals surface area contributed by atoms with E-state index < -0.39 is 4.92 Å². The topological polar surface area (TPSA) is 109 Å². The van der Waals surface area contributed by atoms with Crippen molar-refractivity contribution in [2.75, 3.05) is 0 Å². The predicted octanol–water partition coefficient (Wildman–Crippen LogP) is 8.81.